The summed E-state index contributed by atoms with van der Waals surface area (Å²) in [5.74, 6) is 0.436. The van der Waals surface area contributed by atoms with Crippen LogP contribution in [0.4, 0.5) is 5.69 Å². The fourth-order valence-electron chi connectivity index (χ4n) is 4.38. The lowest BCUT2D eigenvalue weighted by Crippen LogP contribution is -2.26. The Labute approximate surface area is 230 Å². The van der Waals surface area contributed by atoms with Gasteiger partial charge in [0.2, 0.25) is 0 Å². The maximum atomic E-state index is 13.7. The average molecular weight is 542 g/mol. The minimum atomic E-state index is -0.302. The second kappa shape index (κ2) is 11.2. The zero-order valence-electron chi connectivity index (χ0n) is 20.7. The first-order chi connectivity index (χ1) is 18.4. The van der Waals surface area contributed by atoms with Crippen LogP contribution >= 0.6 is 23.2 Å². The Bertz CT molecular complexity index is 1680. The summed E-state index contributed by atoms with van der Waals surface area (Å²) < 4.78 is 1.73. The smallest absolute Gasteiger partial charge is 0.261 e. The van der Waals surface area contributed by atoms with E-state index >= 15 is 0 Å². The van der Waals surface area contributed by atoms with Crippen LogP contribution in [0.3, 0.4) is 0 Å². The summed E-state index contributed by atoms with van der Waals surface area (Å²) in [6.07, 6.45) is 1.54. The SMILES string of the molecule is CCCc1nc2ccc(NC(=O)c3cccc(Cl)c3)cc2c(=O)n1Cc1ccc(-c2ccc(Cl)cc2)cc1. The third-order valence-electron chi connectivity index (χ3n) is 6.32. The molecule has 0 saturated heterocycles. The van der Waals surface area contributed by atoms with E-state index in [2.05, 4.69) is 12.2 Å². The number of fused-ring (bicyclic) bond motifs is 1. The molecule has 0 aliphatic heterocycles. The summed E-state index contributed by atoms with van der Waals surface area (Å²) in [7, 11) is 0. The number of hydrogen-bond acceptors (Lipinski definition) is 3. The molecule has 0 aliphatic carbocycles. The molecule has 1 N–H and O–H groups in total. The van der Waals surface area contributed by atoms with Gasteiger partial charge in [0.05, 0.1) is 17.4 Å². The molecule has 1 heterocycles. The van der Waals surface area contributed by atoms with E-state index in [1.807, 2.05) is 48.5 Å². The molecular formula is C31H25Cl2N3O2. The standard InChI is InChI=1S/C31H25Cl2N3O2/c1-2-4-29-35-28-16-15-26(34-30(37)23-5-3-6-25(33)17-23)18-27(28)31(38)36(29)19-20-7-9-21(10-8-20)22-11-13-24(32)14-12-22/h3,5-18H,2,4,19H2,1H3,(H,34,37). The highest BCUT2D eigenvalue weighted by Gasteiger charge is 2.14. The van der Waals surface area contributed by atoms with Crippen molar-refractivity contribution in [3.8, 4) is 11.1 Å². The molecule has 38 heavy (non-hydrogen) atoms. The number of amides is 1. The van der Waals surface area contributed by atoms with Gasteiger partial charge in [-0.1, -0.05) is 72.6 Å². The number of carbonyl (C=O) groups is 1. The number of hydrogen-bond donors (Lipinski definition) is 1. The van der Waals surface area contributed by atoms with Crippen molar-refractivity contribution < 1.29 is 4.79 Å². The average Bonchev–Trinajstić information content (AvgIpc) is 2.92. The van der Waals surface area contributed by atoms with E-state index in [4.69, 9.17) is 28.2 Å². The first-order valence-electron chi connectivity index (χ1n) is 12.4. The highest BCUT2D eigenvalue weighted by atomic mass is 35.5. The van der Waals surface area contributed by atoms with Gasteiger partial charge in [-0.2, -0.15) is 0 Å². The summed E-state index contributed by atoms with van der Waals surface area (Å²) >= 11 is 12.0. The van der Waals surface area contributed by atoms with Gasteiger partial charge >= 0.3 is 0 Å². The van der Waals surface area contributed by atoms with Crippen LogP contribution in [0, 0.1) is 0 Å². The lowest BCUT2D eigenvalue weighted by molar-refractivity contribution is 0.102. The Kier molecular flexibility index (Phi) is 7.59. The zero-order chi connectivity index (χ0) is 26.6. The third-order valence-corrected chi connectivity index (χ3v) is 6.81. The van der Waals surface area contributed by atoms with Crippen molar-refractivity contribution in [1.29, 1.82) is 0 Å². The number of anilines is 1. The molecule has 0 unspecified atom stereocenters. The van der Waals surface area contributed by atoms with Crippen LogP contribution in [-0.2, 0) is 13.0 Å². The van der Waals surface area contributed by atoms with Crippen LogP contribution in [0.15, 0.2) is 95.8 Å². The van der Waals surface area contributed by atoms with Crippen molar-refractivity contribution in [3.05, 3.63) is 128 Å². The summed E-state index contributed by atoms with van der Waals surface area (Å²) in [5, 5.41) is 4.49. The Morgan fingerprint density at radius 2 is 1.58 bits per heavy atom. The molecule has 0 spiro atoms. The molecule has 0 fully saturated rings. The van der Waals surface area contributed by atoms with Gasteiger partial charge < -0.3 is 5.32 Å². The number of aromatic nitrogens is 2. The Hall–Kier alpha value is -3.93. The molecule has 0 saturated carbocycles. The van der Waals surface area contributed by atoms with Gasteiger partial charge in [-0.25, -0.2) is 4.98 Å². The number of carbonyl (C=O) groups excluding carboxylic acids is 1. The molecule has 4 aromatic carbocycles. The normalized spacial score (nSPS) is 11.0. The monoisotopic (exact) mass is 541 g/mol. The summed E-state index contributed by atoms with van der Waals surface area (Å²) in [5.41, 5.74) is 4.56. The molecule has 0 radical (unpaired) electrons. The number of halogens is 2. The predicted octanol–water partition coefficient (Wildman–Crippen LogP) is 7.62. The van der Waals surface area contributed by atoms with Crippen molar-refractivity contribution in [2.45, 2.75) is 26.3 Å². The van der Waals surface area contributed by atoms with Gasteiger partial charge in [-0.15, -0.1) is 0 Å². The number of aryl methyl sites for hydroxylation is 1. The van der Waals surface area contributed by atoms with Gasteiger partial charge in [0.25, 0.3) is 11.5 Å². The maximum absolute atomic E-state index is 13.7. The van der Waals surface area contributed by atoms with E-state index in [0.717, 1.165) is 28.9 Å². The van der Waals surface area contributed by atoms with Crippen LogP contribution in [0.5, 0.6) is 0 Å². The number of rotatable bonds is 7. The van der Waals surface area contributed by atoms with Crippen LogP contribution < -0.4 is 10.9 Å². The van der Waals surface area contributed by atoms with E-state index in [1.165, 1.54) is 0 Å². The molecule has 7 heteroatoms. The van der Waals surface area contributed by atoms with E-state index in [0.29, 0.717) is 45.2 Å². The first-order valence-corrected chi connectivity index (χ1v) is 13.1. The molecule has 5 rings (SSSR count). The topological polar surface area (TPSA) is 64.0 Å². The Balaban J connectivity index is 1.46. The molecule has 1 amide bonds. The van der Waals surface area contributed by atoms with Crippen molar-refractivity contribution in [1.82, 2.24) is 9.55 Å². The number of nitrogens with one attached hydrogen (secondary N) is 1. The lowest BCUT2D eigenvalue weighted by atomic mass is 10.0. The first kappa shape index (κ1) is 25.7. The van der Waals surface area contributed by atoms with E-state index in [1.54, 1.807) is 47.0 Å². The minimum absolute atomic E-state index is 0.140. The molecule has 5 nitrogen and oxygen atoms in total. The van der Waals surface area contributed by atoms with Crippen molar-refractivity contribution in [2.75, 3.05) is 5.32 Å². The van der Waals surface area contributed by atoms with Crippen molar-refractivity contribution in [2.24, 2.45) is 0 Å². The molecule has 0 aliphatic rings. The van der Waals surface area contributed by atoms with Crippen molar-refractivity contribution >= 4 is 45.7 Å². The van der Waals surface area contributed by atoms with Gasteiger partial charge in [-0.3, -0.25) is 14.2 Å². The van der Waals surface area contributed by atoms with E-state index in [9.17, 15) is 9.59 Å². The Morgan fingerprint density at radius 3 is 2.26 bits per heavy atom. The largest absolute Gasteiger partial charge is 0.322 e. The predicted molar refractivity (Wildman–Crippen MR) is 155 cm³/mol. The maximum Gasteiger partial charge on any atom is 0.261 e. The fourth-order valence-corrected chi connectivity index (χ4v) is 4.70. The highest BCUT2D eigenvalue weighted by Crippen LogP contribution is 2.23. The molecular weight excluding hydrogens is 517 g/mol. The molecule has 0 bridgehead atoms. The lowest BCUT2D eigenvalue weighted by Gasteiger charge is -2.14. The fraction of sp³-hybridized carbons (Fsp3) is 0.129. The van der Waals surface area contributed by atoms with E-state index in [-0.39, 0.29) is 11.5 Å². The summed E-state index contributed by atoms with van der Waals surface area (Å²) in [4.78, 5) is 31.2. The Morgan fingerprint density at radius 1 is 0.868 bits per heavy atom. The number of benzene rings is 4. The van der Waals surface area contributed by atoms with Crippen LogP contribution in [0.1, 0.15) is 35.1 Å². The van der Waals surface area contributed by atoms with Gasteiger partial charge in [0.15, 0.2) is 0 Å². The zero-order valence-corrected chi connectivity index (χ0v) is 22.3. The third kappa shape index (κ3) is 5.64. The highest BCUT2D eigenvalue weighted by molar-refractivity contribution is 6.31. The quantitative estimate of drug-likeness (QED) is 0.230. The van der Waals surface area contributed by atoms with E-state index < -0.39 is 0 Å². The molecule has 190 valence electrons. The molecule has 1 aromatic heterocycles. The second-order valence-corrected chi connectivity index (χ2v) is 9.94. The summed E-state index contributed by atoms with van der Waals surface area (Å²) in [6, 6.07) is 27.8. The van der Waals surface area contributed by atoms with Crippen LogP contribution in [0.25, 0.3) is 22.0 Å². The van der Waals surface area contributed by atoms with Crippen LogP contribution in [0.2, 0.25) is 10.0 Å². The van der Waals surface area contributed by atoms with Gasteiger partial charge in [-0.05, 0) is 71.6 Å². The minimum Gasteiger partial charge on any atom is -0.322 e. The number of nitrogens with zero attached hydrogens (tertiary/aromatic N) is 2. The summed E-state index contributed by atoms with van der Waals surface area (Å²) in [6.45, 7) is 2.47. The second-order valence-electron chi connectivity index (χ2n) is 9.07. The van der Waals surface area contributed by atoms with Crippen molar-refractivity contribution in [3.63, 3.8) is 0 Å². The molecule has 0 atom stereocenters. The molecule has 5 aromatic rings. The van der Waals surface area contributed by atoms with Gasteiger partial charge in [0.1, 0.15) is 5.82 Å². The van der Waals surface area contributed by atoms with Crippen LogP contribution in [-0.4, -0.2) is 15.5 Å². The van der Waals surface area contributed by atoms with Gasteiger partial charge in [0, 0.05) is 27.7 Å².